The topological polar surface area (TPSA) is 29.1 Å². The number of benzene rings is 1. The minimum absolute atomic E-state index is 0.0560. The summed E-state index contributed by atoms with van der Waals surface area (Å²) in [6.45, 7) is 0.710. The predicted molar refractivity (Wildman–Crippen MR) is 67.6 cm³/mol. The van der Waals surface area contributed by atoms with Crippen LogP contribution in [-0.2, 0) is 4.79 Å². The van der Waals surface area contributed by atoms with E-state index in [0.29, 0.717) is 18.9 Å². The van der Waals surface area contributed by atoms with Gasteiger partial charge in [-0.3, -0.25) is 4.79 Å². The maximum Gasteiger partial charge on any atom is 0.223 e. The van der Waals surface area contributed by atoms with Gasteiger partial charge in [-0.1, -0.05) is 12.5 Å². The van der Waals surface area contributed by atoms with Crippen LogP contribution >= 0.6 is 0 Å². The maximum absolute atomic E-state index is 13.6. The molecule has 1 N–H and O–H groups in total. The van der Waals surface area contributed by atoms with Crippen LogP contribution in [0.1, 0.15) is 37.2 Å². The fourth-order valence-corrected chi connectivity index (χ4v) is 2.74. The van der Waals surface area contributed by atoms with E-state index in [9.17, 15) is 13.6 Å². The monoisotopic (exact) mass is 265 g/mol. The van der Waals surface area contributed by atoms with Crippen molar-refractivity contribution in [3.63, 3.8) is 0 Å². The summed E-state index contributed by atoms with van der Waals surface area (Å²) in [5, 5.41) is 2.90. The van der Waals surface area contributed by atoms with Crippen LogP contribution in [0.2, 0.25) is 0 Å². The van der Waals surface area contributed by atoms with Crippen molar-refractivity contribution in [2.24, 2.45) is 11.8 Å². The van der Waals surface area contributed by atoms with E-state index >= 15 is 0 Å². The standard InChI is InChI=1S/C15H17F2NO/c16-12-5-2-6-13(17)14(12)10-7-11(10)15(19)18-8-9-3-1-4-9/h2,5-6,9-11H,1,3-4,7-8H2,(H,18,19)/t10-,11-/m1/s1. The molecule has 1 aromatic rings. The fraction of sp³-hybridized carbons (Fsp3) is 0.533. The molecule has 0 unspecified atom stereocenters. The second-order valence-electron chi connectivity index (χ2n) is 5.63. The number of halogens is 2. The molecule has 0 aliphatic heterocycles. The van der Waals surface area contributed by atoms with Gasteiger partial charge in [0, 0.05) is 23.9 Å². The van der Waals surface area contributed by atoms with Crippen molar-refractivity contribution in [1.82, 2.24) is 5.32 Å². The van der Waals surface area contributed by atoms with E-state index in [1.165, 1.54) is 37.5 Å². The van der Waals surface area contributed by atoms with Gasteiger partial charge < -0.3 is 5.32 Å². The van der Waals surface area contributed by atoms with Crippen LogP contribution in [0.5, 0.6) is 0 Å². The molecule has 0 heterocycles. The molecule has 2 nitrogen and oxygen atoms in total. The van der Waals surface area contributed by atoms with Gasteiger partial charge in [-0.15, -0.1) is 0 Å². The van der Waals surface area contributed by atoms with E-state index in [1.54, 1.807) is 0 Å². The van der Waals surface area contributed by atoms with Crippen LogP contribution in [0, 0.1) is 23.5 Å². The second kappa shape index (κ2) is 4.91. The highest BCUT2D eigenvalue weighted by molar-refractivity contribution is 5.82. The van der Waals surface area contributed by atoms with E-state index in [4.69, 9.17) is 0 Å². The Balaban J connectivity index is 1.59. The highest BCUT2D eigenvalue weighted by Gasteiger charge is 2.46. The van der Waals surface area contributed by atoms with Crippen LogP contribution in [0.15, 0.2) is 18.2 Å². The summed E-state index contributed by atoms with van der Waals surface area (Å²) in [5.74, 6) is -1.08. The van der Waals surface area contributed by atoms with Crippen molar-refractivity contribution >= 4 is 5.91 Å². The summed E-state index contributed by atoms with van der Waals surface area (Å²) in [6.07, 6.45) is 4.15. The molecule has 2 aliphatic rings. The quantitative estimate of drug-likeness (QED) is 0.891. The zero-order chi connectivity index (χ0) is 13.4. The summed E-state index contributed by atoms with van der Waals surface area (Å²) < 4.78 is 27.2. The molecule has 0 saturated heterocycles. The summed E-state index contributed by atoms with van der Waals surface area (Å²) in [4.78, 5) is 11.9. The van der Waals surface area contributed by atoms with Crippen molar-refractivity contribution in [2.45, 2.75) is 31.6 Å². The first-order valence-corrected chi connectivity index (χ1v) is 6.88. The van der Waals surface area contributed by atoms with Gasteiger partial charge in [0.15, 0.2) is 0 Å². The Bertz CT molecular complexity index is 479. The van der Waals surface area contributed by atoms with Crippen molar-refractivity contribution in [3.05, 3.63) is 35.4 Å². The Morgan fingerprint density at radius 1 is 1.26 bits per heavy atom. The van der Waals surface area contributed by atoms with Crippen LogP contribution in [0.4, 0.5) is 8.78 Å². The molecule has 2 fully saturated rings. The van der Waals surface area contributed by atoms with E-state index in [0.717, 1.165) is 0 Å². The predicted octanol–water partition coefficient (Wildman–Crippen LogP) is 2.98. The molecule has 2 atom stereocenters. The molecule has 19 heavy (non-hydrogen) atoms. The molecule has 0 radical (unpaired) electrons. The lowest BCUT2D eigenvalue weighted by molar-refractivity contribution is -0.122. The smallest absolute Gasteiger partial charge is 0.223 e. The number of rotatable bonds is 4. The van der Waals surface area contributed by atoms with Gasteiger partial charge in [0.05, 0.1) is 0 Å². The summed E-state index contributed by atoms with van der Waals surface area (Å²) in [5.41, 5.74) is 0.0753. The summed E-state index contributed by atoms with van der Waals surface area (Å²) in [6, 6.07) is 3.85. The van der Waals surface area contributed by atoms with Crippen LogP contribution in [0.3, 0.4) is 0 Å². The molecule has 0 bridgehead atoms. The number of hydrogen-bond acceptors (Lipinski definition) is 1. The lowest BCUT2D eigenvalue weighted by Crippen LogP contribution is -2.33. The summed E-state index contributed by atoms with van der Waals surface area (Å²) in [7, 11) is 0. The average Bonchev–Trinajstić information content (AvgIpc) is 3.06. The largest absolute Gasteiger partial charge is 0.356 e. The lowest BCUT2D eigenvalue weighted by atomic mass is 9.85. The Kier molecular flexibility index (Phi) is 3.25. The maximum atomic E-state index is 13.6. The van der Waals surface area contributed by atoms with Crippen molar-refractivity contribution < 1.29 is 13.6 Å². The third-order valence-electron chi connectivity index (χ3n) is 4.29. The van der Waals surface area contributed by atoms with Gasteiger partial charge in [0.25, 0.3) is 0 Å². The van der Waals surface area contributed by atoms with E-state index < -0.39 is 11.6 Å². The van der Waals surface area contributed by atoms with Gasteiger partial charge in [0.2, 0.25) is 5.91 Å². The minimum atomic E-state index is -0.542. The SMILES string of the molecule is O=C(NCC1CCC1)[C@@H]1C[C@H]1c1c(F)cccc1F. The summed E-state index contributed by atoms with van der Waals surface area (Å²) >= 11 is 0. The molecule has 1 aromatic carbocycles. The molecule has 2 aliphatic carbocycles. The van der Waals surface area contributed by atoms with Gasteiger partial charge >= 0.3 is 0 Å². The molecule has 102 valence electrons. The van der Waals surface area contributed by atoms with Gasteiger partial charge in [-0.2, -0.15) is 0 Å². The number of amides is 1. The highest BCUT2D eigenvalue weighted by atomic mass is 19.1. The minimum Gasteiger partial charge on any atom is -0.356 e. The molecular weight excluding hydrogens is 248 g/mol. The van der Waals surface area contributed by atoms with Gasteiger partial charge in [-0.05, 0) is 37.3 Å². The van der Waals surface area contributed by atoms with Crippen LogP contribution in [0.25, 0.3) is 0 Å². The molecule has 0 aromatic heterocycles. The number of hydrogen-bond donors (Lipinski definition) is 1. The van der Waals surface area contributed by atoms with Gasteiger partial charge in [-0.25, -0.2) is 8.78 Å². The molecule has 1 amide bonds. The molecule has 3 rings (SSSR count). The first-order chi connectivity index (χ1) is 9.16. The Labute approximate surface area is 111 Å². The second-order valence-corrected chi connectivity index (χ2v) is 5.63. The third-order valence-corrected chi connectivity index (χ3v) is 4.29. The first kappa shape index (κ1) is 12.6. The molecular formula is C15H17F2NO. The number of carbonyl (C=O) groups is 1. The zero-order valence-electron chi connectivity index (χ0n) is 10.7. The third kappa shape index (κ3) is 2.48. The highest BCUT2D eigenvalue weighted by Crippen LogP contribution is 2.49. The molecule has 2 saturated carbocycles. The van der Waals surface area contributed by atoms with E-state index in [-0.39, 0.29) is 23.3 Å². The van der Waals surface area contributed by atoms with Crippen LogP contribution in [-0.4, -0.2) is 12.5 Å². The van der Waals surface area contributed by atoms with Crippen LogP contribution < -0.4 is 5.32 Å². The molecule has 0 spiro atoms. The first-order valence-electron chi connectivity index (χ1n) is 6.88. The van der Waals surface area contributed by atoms with Crippen molar-refractivity contribution in [1.29, 1.82) is 0 Å². The van der Waals surface area contributed by atoms with Crippen molar-refractivity contribution in [3.8, 4) is 0 Å². The normalized spacial score (nSPS) is 25.8. The Morgan fingerprint density at radius 3 is 2.53 bits per heavy atom. The van der Waals surface area contributed by atoms with Gasteiger partial charge in [0.1, 0.15) is 11.6 Å². The van der Waals surface area contributed by atoms with E-state index in [1.807, 2.05) is 0 Å². The molecule has 4 heteroatoms. The zero-order valence-corrected chi connectivity index (χ0v) is 10.7. The average molecular weight is 265 g/mol. The number of carbonyl (C=O) groups excluding carboxylic acids is 1. The number of nitrogens with one attached hydrogen (secondary N) is 1. The fourth-order valence-electron chi connectivity index (χ4n) is 2.74. The Morgan fingerprint density at radius 2 is 1.95 bits per heavy atom. The lowest BCUT2D eigenvalue weighted by Gasteiger charge is -2.25. The van der Waals surface area contributed by atoms with Crippen molar-refractivity contribution in [2.75, 3.05) is 6.54 Å². The van der Waals surface area contributed by atoms with E-state index in [2.05, 4.69) is 5.32 Å². The Hall–Kier alpha value is -1.45.